The van der Waals surface area contributed by atoms with Crippen molar-refractivity contribution in [2.45, 2.75) is 64.1 Å². The number of rotatable bonds is 4. The van der Waals surface area contributed by atoms with Crippen LogP contribution in [0.5, 0.6) is 0 Å². The number of hydrogen-bond donors (Lipinski definition) is 2. The molecule has 0 radical (unpaired) electrons. The quantitative estimate of drug-likeness (QED) is 0.815. The van der Waals surface area contributed by atoms with Gasteiger partial charge in [0, 0.05) is 25.1 Å². The Morgan fingerprint density at radius 2 is 2.04 bits per heavy atom. The van der Waals surface area contributed by atoms with Crippen molar-refractivity contribution >= 4 is 11.8 Å². The summed E-state index contributed by atoms with van der Waals surface area (Å²) in [6.45, 7) is 5.95. The van der Waals surface area contributed by atoms with Gasteiger partial charge in [0.1, 0.15) is 12.1 Å². The molecule has 1 aromatic rings. The second-order valence-electron chi connectivity index (χ2n) is 7.96. The zero-order chi connectivity index (χ0) is 17.6. The SMILES string of the molecule is CC(C)(C)C(C(=O)N1CC(O)CC1C(N)=O)n1cc(C2CC2)nn1. The van der Waals surface area contributed by atoms with Crippen LogP contribution in [0.3, 0.4) is 0 Å². The molecule has 8 nitrogen and oxygen atoms in total. The maximum Gasteiger partial charge on any atom is 0.248 e. The third-order valence-electron chi connectivity index (χ3n) is 4.73. The zero-order valence-corrected chi connectivity index (χ0v) is 14.3. The van der Waals surface area contributed by atoms with Crippen molar-refractivity contribution in [3.8, 4) is 0 Å². The summed E-state index contributed by atoms with van der Waals surface area (Å²) in [5, 5.41) is 18.2. The lowest BCUT2D eigenvalue weighted by Gasteiger charge is -2.34. The van der Waals surface area contributed by atoms with Gasteiger partial charge in [-0.15, -0.1) is 5.10 Å². The van der Waals surface area contributed by atoms with E-state index in [4.69, 9.17) is 5.73 Å². The third-order valence-corrected chi connectivity index (χ3v) is 4.73. The number of aliphatic hydroxyl groups is 1. The topological polar surface area (TPSA) is 114 Å². The molecule has 3 atom stereocenters. The van der Waals surface area contributed by atoms with Gasteiger partial charge in [-0.25, -0.2) is 4.68 Å². The number of nitrogens with zero attached hydrogens (tertiary/aromatic N) is 4. The van der Waals surface area contributed by atoms with Gasteiger partial charge in [-0.2, -0.15) is 0 Å². The Kier molecular flexibility index (Phi) is 4.11. The van der Waals surface area contributed by atoms with Crippen LogP contribution < -0.4 is 5.73 Å². The minimum atomic E-state index is -0.774. The van der Waals surface area contributed by atoms with Gasteiger partial charge < -0.3 is 15.7 Å². The molecule has 3 rings (SSSR count). The second kappa shape index (κ2) is 5.84. The number of primary amides is 1. The van der Waals surface area contributed by atoms with Crippen LogP contribution in [0.4, 0.5) is 0 Å². The van der Waals surface area contributed by atoms with Crippen molar-refractivity contribution in [1.82, 2.24) is 19.9 Å². The molecular formula is C16H25N5O3. The monoisotopic (exact) mass is 335 g/mol. The number of nitrogens with two attached hydrogens (primary N) is 1. The molecular weight excluding hydrogens is 310 g/mol. The summed E-state index contributed by atoms with van der Waals surface area (Å²) in [6, 6.07) is -1.38. The number of aromatic nitrogens is 3. The molecule has 1 aliphatic heterocycles. The van der Waals surface area contributed by atoms with Crippen molar-refractivity contribution in [3.05, 3.63) is 11.9 Å². The van der Waals surface area contributed by atoms with Gasteiger partial charge in [-0.3, -0.25) is 9.59 Å². The summed E-state index contributed by atoms with van der Waals surface area (Å²) in [5.41, 5.74) is 5.89. The van der Waals surface area contributed by atoms with Gasteiger partial charge >= 0.3 is 0 Å². The lowest BCUT2D eigenvalue weighted by molar-refractivity contribution is -0.143. The van der Waals surface area contributed by atoms with E-state index in [1.165, 1.54) is 4.90 Å². The van der Waals surface area contributed by atoms with Crippen LogP contribution in [0.25, 0.3) is 0 Å². The van der Waals surface area contributed by atoms with Gasteiger partial charge in [0.25, 0.3) is 0 Å². The highest BCUT2D eigenvalue weighted by Gasteiger charge is 2.44. The van der Waals surface area contributed by atoms with Crippen LogP contribution in [-0.2, 0) is 9.59 Å². The first-order chi connectivity index (χ1) is 11.2. The summed E-state index contributed by atoms with van der Waals surface area (Å²) in [4.78, 5) is 26.2. The third kappa shape index (κ3) is 3.15. The molecule has 132 valence electrons. The van der Waals surface area contributed by atoms with Gasteiger partial charge in [0.2, 0.25) is 11.8 Å². The number of hydrogen-bond acceptors (Lipinski definition) is 5. The Morgan fingerprint density at radius 1 is 1.38 bits per heavy atom. The summed E-state index contributed by atoms with van der Waals surface area (Å²) < 4.78 is 1.60. The predicted molar refractivity (Wildman–Crippen MR) is 85.8 cm³/mol. The Hall–Kier alpha value is -1.96. The molecule has 0 bridgehead atoms. The smallest absolute Gasteiger partial charge is 0.248 e. The van der Waals surface area contributed by atoms with Crippen LogP contribution in [0.1, 0.15) is 57.7 Å². The highest BCUT2D eigenvalue weighted by molar-refractivity contribution is 5.89. The minimum absolute atomic E-state index is 0.114. The fraction of sp³-hybridized carbons (Fsp3) is 0.750. The van der Waals surface area contributed by atoms with Crippen molar-refractivity contribution in [2.75, 3.05) is 6.54 Å². The largest absolute Gasteiger partial charge is 0.391 e. The van der Waals surface area contributed by atoms with E-state index in [-0.39, 0.29) is 18.9 Å². The van der Waals surface area contributed by atoms with E-state index in [1.54, 1.807) is 4.68 Å². The fourth-order valence-electron chi connectivity index (χ4n) is 3.35. The van der Waals surface area contributed by atoms with Crippen molar-refractivity contribution in [3.63, 3.8) is 0 Å². The molecule has 2 aliphatic rings. The van der Waals surface area contributed by atoms with E-state index < -0.39 is 29.5 Å². The van der Waals surface area contributed by atoms with Crippen molar-refractivity contribution < 1.29 is 14.7 Å². The number of β-amino-alcohol motifs (C(OH)–C–C–N with tert-alkyl or cyclic N) is 1. The number of likely N-dealkylation sites (tertiary alicyclic amines) is 1. The van der Waals surface area contributed by atoms with Gasteiger partial charge in [0.15, 0.2) is 0 Å². The maximum absolute atomic E-state index is 13.2. The molecule has 1 aliphatic carbocycles. The first-order valence-electron chi connectivity index (χ1n) is 8.38. The van der Waals surface area contributed by atoms with Gasteiger partial charge in [-0.1, -0.05) is 26.0 Å². The molecule has 3 N–H and O–H groups in total. The molecule has 1 saturated carbocycles. The maximum atomic E-state index is 13.2. The minimum Gasteiger partial charge on any atom is -0.391 e. The van der Waals surface area contributed by atoms with Crippen molar-refractivity contribution in [2.24, 2.45) is 11.1 Å². The Labute approximate surface area is 141 Å². The molecule has 1 aromatic heterocycles. The zero-order valence-electron chi connectivity index (χ0n) is 14.3. The van der Waals surface area contributed by atoms with Gasteiger partial charge in [-0.05, 0) is 18.3 Å². The molecule has 0 aromatic carbocycles. The lowest BCUT2D eigenvalue weighted by Crippen LogP contribution is -2.49. The molecule has 2 heterocycles. The van der Waals surface area contributed by atoms with E-state index in [1.807, 2.05) is 27.0 Å². The fourth-order valence-corrected chi connectivity index (χ4v) is 3.35. The molecule has 2 fully saturated rings. The lowest BCUT2D eigenvalue weighted by atomic mass is 9.85. The number of aliphatic hydroxyl groups excluding tert-OH is 1. The first-order valence-corrected chi connectivity index (χ1v) is 8.38. The summed E-state index contributed by atoms with van der Waals surface area (Å²) in [6.07, 6.45) is 3.49. The molecule has 1 saturated heterocycles. The van der Waals surface area contributed by atoms with E-state index in [9.17, 15) is 14.7 Å². The summed E-state index contributed by atoms with van der Waals surface area (Å²) in [7, 11) is 0. The average molecular weight is 335 g/mol. The first kappa shape index (κ1) is 16.9. The predicted octanol–water partition coefficient (Wildman–Crippen LogP) is 0.190. The standard InChI is InChI=1S/C16H25N5O3/c1-16(2,3)13(21-8-11(18-19-21)9-4-5-9)15(24)20-7-10(22)6-12(20)14(17)23/h8-10,12-13,22H,4-7H2,1-3H3,(H2,17,23). The highest BCUT2D eigenvalue weighted by atomic mass is 16.3. The van der Waals surface area contributed by atoms with Crippen LogP contribution in [-0.4, -0.2) is 55.5 Å². The van der Waals surface area contributed by atoms with Crippen LogP contribution in [0, 0.1) is 5.41 Å². The van der Waals surface area contributed by atoms with E-state index in [0.717, 1.165) is 18.5 Å². The second-order valence-corrected chi connectivity index (χ2v) is 7.96. The Balaban J connectivity index is 1.90. The van der Waals surface area contributed by atoms with Crippen molar-refractivity contribution in [1.29, 1.82) is 0 Å². The Morgan fingerprint density at radius 3 is 2.58 bits per heavy atom. The highest BCUT2D eigenvalue weighted by Crippen LogP contribution is 2.40. The van der Waals surface area contributed by atoms with E-state index in [2.05, 4.69) is 10.3 Å². The average Bonchev–Trinajstić information content (AvgIpc) is 3.07. The van der Waals surface area contributed by atoms with Crippen LogP contribution in [0.15, 0.2) is 6.20 Å². The Bertz CT molecular complexity index is 646. The number of carbonyl (C=O) groups excluding carboxylic acids is 2. The molecule has 0 spiro atoms. The van der Waals surface area contributed by atoms with Crippen LogP contribution >= 0.6 is 0 Å². The molecule has 24 heavy (non-hydrogen) atoms. The van der Waals surface area contributed by atoms with E-state index in [0.29, 0.717) is 5.92 Å². The van der Waals surface area contributed by atoms with Gasteiger partial charge in [0.05, 0.1) is 11.8 Å². The number of carbonyl (C=O) groups is 2. The van der Waals surface area contributed by atoms with E-state index >= 15 is 0 Å². The summed E-state index contributed by atoms with van der Waals surface area (Å²) in [5.74, 6) is -0.402. The normalized spacial score (nSPS) is 25.8. The molecule has 2 amide bonds. The molecule has 3 unspecified atom stereocenters. The number of amides is 2. The van der Waals surface area contributed by atoms with Crippen LogP contribution in [0.2, 0.25) is 0 Å². The summed E-state index contributed by atoms with van der Waals surface area (Å²) >= 11 is 0. The molecule has 8 heteroatoms.